The van der Waals surface area contributed by atoms with Crippen LogP contribution in [0.3, 0.4) is 0 Å². The van der Waals surface area contributed by atoms with Crippen molar-refractivity contribution in [3.05, 3.63) is 36.4 Å². The molecule has 2 rings (SSSR count). The average molecular weight is 158 g/mol. The number of aromatic nitrogens is 1. The van der Waals surface area contributed by atoms with E-state index >= 15 is 0 Å². The summed E-state index contributed by atoms with van der Waals surface area (Å²) in [5.41, 5.74) is 0.844. The Hall–Kier alpha value is -1.57. The van der Waals surface area contributed by atoms with Gasteiger partial charge >= 0.3 is 0 Å². The molecule has 2 heteroatoms. The van der Waals surface area contributed by atoms with Crippen LogP contribution in [0.15, 0.2) is 30.3 Å². The summed E-state index contributed by atoms with van der Waals surface area (Å²) in [4.78, 5) is 4.22. The zero-order valence-corrected chi connectivity index (χ0v) is 6.74. The summed E-state index contributed by atoms with van der Waals surface area (Å²) < 4.78 is 4.99. The topological polar surface area (TPSA) is 22.1 Å². The predicted molar refractivity (Wildman–Crippen MR) is 47.1 cm³/mol. The summed E-state index contributed by atoms with van der Waals surface area (Å²) in [7, 11) is 1.61. The van der Waals surface area contributed by atoms with E-state index in [0.717, 1.165) is 10.9 Å². The molecule has 2 nitrogen and oxygen atoms in total. The second-order valence-corrected chi connectivity index (χ2v) is 2.46. The quantitative estimate of drug-likeness (QED) is 0.633. The molecule has 12 heavy (non-hydrogen) atoms. The van der Waals surface area contributed by atoms with Gasteiger partial charge in [0.1, 0.15) is 0 Å². The summed E-state index contributed by atoms with van der Waals surface area (Å²) in [6, 6.07) is 12.6. The van der Waals surface area contributed by atoms with Crippen molar-refractivity contribution in [2.24, 2.45) is 0 Å². The van der Waals surface area contributed by atoms with Crippen molar-refractivity contribution >= 4 is 10.9 Å². The Kier molecular flexibility index (Phi) is 1.67. The van der Waals surface area contributed by atoms with Crippen LogP contribution in [0.1, 0.15) is 0 Å². The molecule has 0 spiro atoms. The third-order valence-electron chi connectivity index (χ3n) is 1.70. The molecule has 0 saturated carbocycles. The monoisotopic (exact) mass is 158 g/mol. The van der Waals surface area contributed by atoms with Crippen LogP contribution in [0.2, 0.25) is 0 Å². The van der Waals surface area contributed by atoms with Crippen LogP contribution in [0.25, 0.3) is 10.9 Å². The molecule has 1 aromatic carbocycles. The van der Waals surface area contributed by atoms with Gasteiger partial charge in [0, 0.05) is 17.5 Å². The zero-order chi connectivity index (χ0) is 8.39. The van der Waals surface area contributed by atoms with Crippen LogP contribution in [0.5, 0.6) is 5.88 Å². The molecule has 0 aliphatic rings. The lowest BCUT2D eigenvalue weighted by Crippen LogP contribution is -1.86. The second-order valence-electron chi connectivity index (χ2n) is 2.46. The van der Waals surface area contributed by atoms with E-state index in [2.05, 4.69) is 11.1 Å². The molecule has 0 fully saturated rings. The van der Waals surface area contributed by atoms with Crippen molar-refractivity contribution < 1.29 is 4.74 Å². The molecule has 1 aromatic heterocycles. The van der Waals surface area contributed by atoms with Gasteiger partial charge in [0.15, 0.2) is 0 Å². The van der Waals surface area contributed by atoms with Crippen molar-refractivity contribution in [3.8, 4) is 5.88 Å². The predicted octanol–water partition coefficient (Wildman–Crippen LogP) is 2.04. The van der Waals surface area contributed by atoms with Crippen molar-refractivity contribution in [2.45, 2.75) is 0 Å². The van der Waals surface area contributed by atoms with E-state index in [4.69, 9.17) is 4.74 Å². The number of nitrogens with zero attached hydrogens (tertiary/aromatic N) is 1. The first kappa shape index (κ1) is 7.10. The molecular weight excluding hydrogens is 150 g/mol. The van der Waals surface area contributed by atoms with Crippen LogP contribution in [0, 0.1) is 6.07 Å². The highest BCUT2D eigenvalue weighted by molar-refractivity contribution is 5.78. The molecule has 59 valence electrons. The van der Waals surface area contributed by atoms with Crippen LogP contribution in [-0.2, 0) is 0 Å². The Bertz CT molecular complexity index is 398. The maximum absolute atomic E-state index is 4.99. The number of fused-ring (bicyclic) bond motifs is 1. The Labute approximate surface area is 70.8 Å². The number of rotatable bonds is 1. The van der Waals surface area contributed by atoms with Crippen molar-refractivity contribution in [3.63, 3.8) is 0 Å². The number of ether oxygens (including phenoxy) is 1. The van der Waals surface area contributed by atoms with E-state index in [0.29, 0.717) is 5.88 Å². The molecule has 0 unspecified atom stereocenters. The first-order valence-corrected chi connectivity index (χ1v) is 3.71. The molecule has 0 atom stereocenters. The minimum Gasteiger partial charge on any atom is -0.481 e. The SMILES string of the molecule is COc1ccc2ccc[c]c2n1. The van der Waals surface area contributed by atoms with E-state index in [9.17, 15) is 0 Å². The fourth-order valence-electron chi connectivity index (χ4n) is 1.09. The number of para-hydroxylation sites is 1. The van der Waals surface area contributed by atoms with Gasteiger partial charge in [0.05, 0.1) is 12.6 Å². The summed E-state index contributed by atoms with van der Waals surface area (Å²) >= 11 is 0. The van der Waals surface area contributed by atoms with E-state index in [1.54, 1.807) is 7.11 Å². The lowest BCUT2D eigenvalue weighted by Gasteiger charge is -1.99. The van der Waals surface area contributed by atoms with Crippen LogP contribution in [0.4, 0.5) is 0 Å². The van der Waals surface area contributed by atoms with Crippen molar-refractivity contribution in [1.82, 2.24) is 4.98 Å². The van der Waals surface area contributed by atoms with Crippen LogP contribution in [-0.4, -0.2) is 12.1 Å². The number of pyridine rings is 1. The third-order valence-corrected chi connectivity index (χ3v) is 1.70. The third kappa shape index (κ3) is 1.11. The fourth-order valence-corrected chi connectivity index (χ4v) is 1.09. The van der Waals surface area contributed by atoms with Crippen molar-refractivity contribution in [2.75, 3.05) is 7.11 Å². The van der Waals surface area contributed by atoms with E-state index in [1.165, 1.54) is 0 Å². The van der Waals surface area contributed by atoms with Gasteiger partial charge in [-0.15, -0.1) is 0 Å². The van der Waals surface area contributed by atoms with E-state index < -0.39 is 0 Å². The van der Waals surface area contributed by atoms with Gasteiger partial charge in [0.2, 0.25) is 5.88 Å². The summed E-state index contributed by atoms with van der Waals surface area (Å²) in [5.74, 6) is 0.630. The molecule has 0 aliphatic carbocycles. The molecule has 1 radical (unpaired) electrons. The first-order chi connectivity index (χ1) is 5.90. The standard InChI is InChI=1S/C10H8NO/c1-12-10-7-6-8-4-2-3-5-9(8)11-10/h2-4,6-7H,1H3. The van der Waals surface area contributed by atoms with Crippen LogP contribution >= 0.6 is 0 Å². The Morgan fingerprint density at radius 3 is 3.08 bits per heavy atom. The van der Waals surface area contributed by atoms with Gasteiger partial charge in [-0.05, 0) is 6.07 Å². The Morgan fingerprint density at radius 2 is 2.25 bits per heavy atom. The maximum atomic E-state index is 4.99. The van der Waals surface area contributed by atoms with E-state index in [-0.39, 0.29) is 0 Å². The number of hydrogen-bond acceptors (Lipinski definition) is 2. The van der Waals surface area contributed by atoms with Gasteiger partial charge in [0.25, 0.3) is 0 Å². The molecule has 1 heterocycles. The summed E-state index contributed by atoms with van der Waals surface area (Å²) in [6.07, 6.45) is 0. The Morgan fingerprint density at radius 1 is 1.33 bits per heavy atom. The summed E-state index contributed by atoms with van der Waals surface area (Å²) in [6.45, 7) is 0. The van der Waals surface area contributed by atoms with Crippen LogP contribution < -0.4 is 4.74 Å². The van der Waals surface area contributed by atoms with Gasteiger partial charge in [-0.3, -0.25) is 0 Å². The molecule has 0 bridgehead atoms. The normalized spacial score (nSPS) is 10.1. The minimum atomic E-state index is 0.630. The van der Waals surface area contributed by atoms with Gasteiger partial charge in [-0.1, -0.05) is 18.2 Å². The molecule has 0 aliphatic heterocycles. The molecule has 2 aromatic rings. The van der Waals surface area contributed by atoms with E-state index in [1.807, 2.05) is 30.3 Å². The fraction of sp³-hybridized carbons (Fsp3) is 0.100. The minimum absolute atomic E-state index is 0.630. The summed E-state index contributed by atoms with van der Waals surface area (Å²) in [5, 5.41) is 1.08. The average Bonchev–Trinajstić information content (AvgIpc) is 2.17. The Balaban J connectivity index is 2.67. The highest BCUT2D eigenvalue weighted by atomic mass is 16.5. The smallest absolute Gasteiger partial charge is 0.213 e. The molecule has 0 amide bonds. The maximum Gasteiger partial charge on any atom is 0.213 e. The number of methoxy groups -OCH3 is 1. The lowest BCUT2D eigenvalue weighted by atomic mass is 10.2. The highest BCUT2D eigenvalue weighted by Gasteiger charge is 1.95. The lowest BCUT2D eigenvalue weighted by molar-refractivity contribution is 0.399. The number of benzene rings is 1. The van der Waals surface area contributed by atoms with Gasteiger partial charge < -0.3 is 4.74 Å². The molecule has 0 saturated heterocycles. The van der Waals surface area contributed by atoms with Crippen molar-refractivity contribution in [1.29, 1.82) is 0 Å². The largest absolute Gasteiger partial charge is 0.481 e. The first-order valence-electron chi connectivity index (χ1n) is 3.71. The molecular formula is C10H8NO. The van der Waals surface area contributed by atoms with Gasteiger partial charge in [-0.2, -0.15) is 0 Å². The second kappa shape index (κ2) is 2.81. The zero-order valence-electron chi connectivity index (χ0n) is 6.74. The number of hydrogen-bond donors (Lipinski definition) is 0. The molecule has 0 N–H and O–H groups in total. The van der Waals surface area contributed by atoms with Gasteiger partial charge in [-0.25, -0.2) is 4.98 Å². The highest BCUT2D eigenvalue weighted by Crippen LogP contribution is 2.14.